The van der Waals surface area contributed by atoms with E-state index in [0.717, 1.165) is 25.3 Å². The number of carboxylic acid groups (broad SMARTS) is 1. The van der Waals surface area contributed by atoms with Crippen LogP contribution in [0.2, 0.25) is 0 Å². The first kappa shape index (κ1) is 17.4. The van der Waals surface area contributed by atoms with Gasteiger partial charge in [0, 0.05) is 5.69 Å². The van der Waals surface area contributed by atoms with Crippen molar-refractivity contribution in [3.05, 3.63) is 29.6 Å². The van der Waals surface area contributed by atoms with Crippen molar-refractivity contribution in [2.45, 2.75) is 45.1 Å². The molecular formula is C17H22FNO4. The van der Waals surface area contributed by atoms with Crippen LogP contribution >= 0.6 is 0 Å². The first-order chi connectivity index (χ1) is 11.0. The Labute approximate surface area is 134 Å². The van der Waals surface area contributed by atoms with E-state index in [2.05, 4.69) is 12.2 Å². The molecule has 1 amide bonds. The van der Waals surface area contributed by atoms with Gasteiger partial charge < -0.3 is 15.2 Å². The zero-order valence-electron chi connectivity index (χ0n) is 13.2. The first-order valence-corrected chi connectivity index (χ1v) is 7.87. The molecule has 0 aliphatic heterocycles. The minimum Gasteiger partial charge on any atom is -0.481 e. The van der Waals surface area contributed by atoms with Crippen molar-refractivity contribution in [1.82, 2.24) is 0 Å². The summed E-state index contributed by atoms with van der Waals surface area (Å²) in [6.45, 7) is 2.06. The number of ether oxygens (including phenoxy) is 1. The molecule has 2 rings (SSSR count). The van der Waals surface area contributed by atoms with E-state index in [-0.39, 0.29) is 30.6 Å². The quantitative estimate of drug-likeness (QED) is 0.844. The van der Waals surface area contributed by atoms with Gasteiger partial charge in [0.05, 0.1) is 12.5 Å². The van der Waals surface area contributed by atoms with Gasteiger partial charge in [0.25, 0.3) is 0 Å². The summed E-state index contributed by atoms with van der Waals surface area (Å²) in [4.78, 5) is 22.5. The van der Waals surface area contributed by atoms with E-state index in [9.17, 15) is 14.0 Å². The molecule has 23 heavy (non-hydrogen) atoms. The van der Waals surface area contributed by atoms with E-state index in [1.807, 2.05) is 0 Å². The molecule has 0 saturated heterocycles. The predicted octanol–water partition coefficient (Wildman–Crippen LogP) is 2.99. The van der Waals surface area contributed by atoms with E-state index in [0.29, 0.717) is 11.6 Å². The summed E-state index contributed by atoms with van der Waals surface area (Å²) < 4.78 is 19.4. The van der Waals surface area contributed by atoms with Crippen LogP contribution in [-0.2, 0) is 20.7 Å². The molecule has 1 aliphatic rings. The zero-order chi connectivity index (χ0) is 16.8. The summed E-state index contributed by atoms with van der Waals surface area (Å²) in [7, 11) is 0. The Morgan fingerprint density at radius 3 is 2.74 bits per heavy atom. The number of aliphatic carboxylic acids is 1. The number of benzene rings is 1. The fourth-order valence-corrected chi connectivity index (χ4v) is 2.84. The third kappa shape index (κ3) is 5.32. The molecule has 6 heteroatoms. The average Bonchev–Trinajstić information content (AvgIpc) is 2.49. The monoisotopic (exact) mass is 323 g/mol. The fraction of sp³-hybridized carbons (Fsp3) is 0.529. The van der Waals surface area contributed by atoms with Gasteiger partial charge in [-0.05, 0) is 36.5 Å². The van der Waals surface area contributed by atoms with Crippen LogP contribution in [0.25, 0.3) is 0 Å². The molecule has 126 valence electrons. The number of hydrogen-bond acceptors (Lipinski definition) is 3. The van der Waals surface area contributed by atoms with Crippen LogP contribution in [0.15, 0.2) is 18.2 Å². The van der Waals surface area contributed by atoms with Crippen molar-refractivity contribution in [3.8, 4) is 0 Å². The van der Waals surface area contributed by atoms with Crippen LogP contribution in [0, 0.1) is 11.7 Å². The normalized spacial score (nSPS) is 21.0. The topological polar surface area (TPSA) is 75.6 Å². The Bertz CT molecular complexity index is 576. The molecule has 1 aliphatic carbocycles. The van der Waals surface area contributed by atoms with Crippen LogP contribution in [0.4, 0.5) is 10.1 Å². The predicted molar refractivity (Wildman–Crippen MR) is 83.7 cm³/mol. The van der Waals surface area contributed by atoms with Crippen molar-refractivity contribution in [1.29, 1.82) is 0 Å². The lowest BCUT2D eigenvalue weighted by molar-refractivity contribution is -0.136. The minimum absolute atomic E-state index is 0.0620. The molecule has 0 radical (unpaired) electrons. The zero-order valence-corrected chi connectivity index (χ0v) is 13.2. The lowest BCUT2D eigenvalue weighted by Crippen LogP contribution is -2.29. The van der Waals surface area contributed by atoms with E-state index in [1.54, 1.807) is 0 Å². The Kier molecular flexibility index (Phi) is 6.10. The first-order valence-electron chi connectivity index (χ1n) is 7.87. The molecule has 1 saturated carbocycles. The summed E-state index contributed by atoms with van der Waals surface area (Å²) in [6, 6.07) is 3.98. The van der Waals surface area contributed by atoms with Gasteiger partial charge in [-0.25, -0.2) is 4.39 Å². The summed E-state index contributed by atoms with van der Waals surface area (Å²) in [6.07, 6.45) is 4.12. The van der Waals surface area contributed by atoms with Crippen LogP contribution in [0.1, 0.15) is 38.2 Å². The average molecular weight is 323 g/mol. The Balaban J connectivity index is 1.85. The van der Waals surface area contributed by atoms with E-state index in [1.165, 1.54) is 18.6 Å². The number of rotatable bonds is 6. The Morgan fingerprint density at radius 1 is 1.35 bits per heavy atom. The van der Waals surface area contributed by atoms with Crippen LogP contribution < -0.4 is 5.32 Å². The van der Waals surface area contributed by atoms with Crippen molar-refractivity contribution in [2.75, 3.05) is 11.9 Å². The van der Waals surface area contributed by atoms with Crippen molar-refractivity contribution in [2.24, 2.45) is 5.92 Å². The number of nitrogens with one attached hydrogen (secondary N) is 1. The maximum Gasteiger partial charge on any atom is 0.307 e. The second-order valence-corrected chi connectivity index (χ2v) is 6.04. The Hall–Kier alpha value is -1.95. The number of carboxylic acids is 1. The molecule has 0 aromatic heterocycles. The number of halogens is 1. The lowest BCUT2D eigenvalue weighted by Gasteiger charge is -2.28. The van der Waals surface area contributed by atoms with E-state index < -0.39 is 11.8 Å². The lowest BCUT2D eigenvalue weighted by atomic mass is 9.88. The summed E-state index contributed by atoms with van der Waals surface area (Å²) >= 11 is 0. The molecule has 2 N–H and O–H groups in total. The van der Waals surface area contributed by atoms with Gasteiger partial charge in [-0.15, -0.1) is 0 Å². The molecule has 0 bridgehead atoms. The highest BCUT2D eigenvalue weighted by molar-refractivity contribution is 5.91. The molecule has 1 aromatic rings. The standard InChI is InChI=1S/C17H22FNO4/c1-11-4-2-3-5-15(11)23-10-16(20)19-13-7-6-12(8-17(21)22)14(18)9-13/h6-7,9,11,15H,2-5,8,10H2,1H3,(H,19,20)(H,21,22). The van der Waals surface area contributed by atoms with Gasteiger partial charge in [0.15, 0.2) is 0 Å². The second kappa shape index (κ2) is 8.06. The molecular weight excluding hydrogens is 301 g/mol. The van der Waals surface area contributed by atoms with Gasteiger partial charge in [-0.1, -0.05) is 25.8 Å². The molecule has 5 nitrogen and oxygen atoms in total. The van der Waals surface area contributed by atoms with Gasteiger partial charge in [-0.2, -0.15) is 0 Å². The van der Waals surface area contributed by atoms with Crippen molar-refractivity contribution in [3.63, 3.8) is 0 Å². The third-order valence-electron chi connectivity index (χ3n) is 4.14. The van der Waals surface area contributed by atoms with Crippen LogP contribution in [0.5, 0.6) is 0 Å². The molecule has 1 fully saturated rings. The van der Waals surface area contributed by atoms with Gasteiger partial charge >= 0.3 is 5.97 Å². The number of amides is 1. The number of carbonyl (C=O) groups is 2. The highest BCUT2D eigenvalue weighted by Crippen LogP contribution is 2.26. The molecule has 0 heterocycles. The third-order valence-corrected chi connectivity index (χ3v) is 4.14. The molecule has 2 atom stereocenters. The number of hydrogen-bond donors (Lipinski definition) is 2. The van der Waals surface area contributed by atoms with Crippen LogP contribution in [0.3, 0.4) is 0 Å². The maximum atomic E-state index is 13.7. The van der Waals surface area contributed by atoms with E-state index in [4.69, 9.17) is 9.84 Å². The second-order valence-electron chi connectivity index (χ2n) is 6.04. The maximum absolute atomic E-state index is 13.7. The molecule has 0 spiro atoms. The SMILES string of the molecule is CC1CCCCC1OCC(=O)Nc1ccc(CC(=O)O)c(F)c1. The number of carbonyl (C=O) groups excluding carboxylic acids is 1. The minimum atomic E-state index is -1.10. The van der Waals surface area contributed by atoms with Crippen molar-refractivity contribution < 1.29 is 23.8 Å². The highest BCUT2D eigenvalue weighted by atomic mass is 19.1. The highest BCUT2D eigenvalue weighted by Gasteiger charge is 2.22. The number of anilines is 1. The Morgan fingerprint density at radius 2 is 2.09 bits per heavy atom. The van der Waals surface area contributed by atoms with Gasteiger partial charge in [0.1, 0.15) is 12.4 Å². The van der Waals surface area contributed by atoms with E-state index >= 15 is 0 Å². The van der Waals surface area contributed by atoms with Crippen LogP contribution in [-0.4, -0.2) is 29.7 Å². The summed E-state index contributed by atoms with van der Waals surface area (Å²) in [5, 5.41) is 11.2. The summed E-state index contributed by atoms with van der Waals surface area (Å²) in [5.41, 5.74) is 0.379. The van der Waals surface area contributed by atoms with Crippen molar-refractivity contribution >= 4 is 17.6 Å². The molecule has 1 aromatic carbocycles. The fourth-order valence-electron chi connectivity index (χ4n) is 2.84. The smallest absolute Gasteiger partial charge is 0.307 e. The molecule has 2 unspecified atom stereocenters. The van der Waals surface area contributed by atoms with Gasteiger partial charge in [0.2, 0.25) is 5.91 Å². The van der Waals surface area contributed by atoms with Gasteiger partial charge in [-0.3, -0.25) is 9.59 Å². The largest absolute Gasteiger partial charge is 0.481 e. The summed E-state index contributed by atoms with van der Waals surface area (Å²) in [5.74, 6) is -1.64.